The van der Waals surface area contributed by atoms with E-state index in [9.17, 15) is 4.79 Å². The van der Waals surface area contributed by atoms with Crippen LogP contribution in [0.25, 0.3) is 11.1 Å². The normalized spacial score (nSPS) is 10.6. The highest BCUT2D eigenvalue weighted by atomic mass is 16.5. The number of carbonyl (C=O) groups excluding carboxylic acids is 1. The van der Waals surface area contributed by atoms with Crippen molar-refractivity contribution in [1.29, 1.82) is 0 Å². The molecule has 160 valence electrons. The molecule has 0 saturated carbocycles. The van der Waals surface area contributed by atoms with Crippen LogP contribution in [0.1, 0.15) is 25.3 Å². The summed E-state index contributed by atoms with van der Waals surface area (Å²) in [6.07, 6.45) is 1.64. The van der Waals surface area contributed by atoms with Crippen LogP contribution in [0.2, 0.25) is 0 Å². The number of carbonyl (C=O) groups is 1. The average molecular weight is 424 g/mol. The number of hydrogen-bond donors (Lipinski definition) is 2. The van der Waals surface area contributed by atoms with Gasteiger partial charge in [0.05, 0.1) is 0 Å². The van der Waals surface area contributed by atoms with Crippen molar-refractivity contribution in [2.45, 2.75) is 19.8 Å². The molecule has 1 heterocycles. The van der Waals surface area contributed by atoms with E-state index in [-0.39, 0.29) is 6.03 Å². The predicted octanol–water partition coefficient (Wildman–Crippen LogP) is 7.31. The van der Waals surface area contributed by atoms with Crippen molar-refractivity contribution in [1.82, 2.24) is 4.98 Å². The van der Waals surface area contributed by atoms with Crippen molar-refractivity contribution in [3.8, 4) is 22.8 Å². The molecule has 0 spiro atoms. The molecule has 2 N–H and O–H groups in total. The van der Waals surface area contributed by atoms with Gasteiger partial charge in [0.1, 0.15) is 11.4 Å². The van der Waals surface area contributed by atoms with E-state index in [1.165, 1.54) is 0 Å². The fraction of sp³-hybridized carbons (Fsp3) is 0.111. The molecule has 0 aliphatic rings. The third-order valence-corrected chi connectivity index (χ3v) is 5.02. The number of aromatic nitrogens is 1. The van der Waals surface area contributed by atoms with Gasteiger partial charge in [-0.1, -0.05) is 74.5 Å². The van der Waals surface area contributed by atoms with E-state index in [2.05, 4.69) is 41.6 Å². The molecule has 0 atom stereocenters. The summed E-state index contributed by atoms with van der Waals surface area (Å²) in [6.45, 7) is 4.21. The first kappa shape index (κ1) is 21.1. The Hall–Kier alpha value is -4.12. The first-order valence-electron chi connectivity index (χ1n) is 10.6. The number of para-hydroxylation sites is 1. The fourth-order valence-electron chi connectivity index (χ4n) is 3.38. The number of ether oxygens (including phenoxy) is 1. The van der Waals surface area contributed by atoms with Crippen molar-refractivity contribution in [2.75, 3.05) is 10.6 Å². The van der Waals surface area contributed by atoms with Gasteiger partial charge >= 0.3 is 6.03 Å². The van der Waals surface area contributed by atoms with E-state index in [4.69, 9.17) is 4.74 Å². The van der Waals surface area contributed by atoms with Crippen molar-refractivity contribution >= 4 is 17.4 Å². The van der Waals surface area contributed by atoms with E-state index >= 15 is 0 Å². The Balaban J connectivity index is 1.45. The number of urea groups is 1. The van der Waals surface area contributed by atoms with Crippen molar-refractivity contribution in [3.63, 3.8) is 0 Å². The third-order valence-electron chi connectivity index (χ3n) is 5.02. The first-order chi connectivity index (χ1) is 15.6. The summed E-state index contributed by atoms with van der Waals surface area (Å²) in [4.78, 5) is 16.9. The second-order valence-electron chi connectivity index (χ2n) is 7.67. The molecule has 3 aromatic carbocycles. The summed E-state index contributed by atoms with van der Waals surface area (Å²) in [6, 6.07) is 28.8. The van der Waals surface area contributed by atoms with Crippen LogP contribution < -0.4 is 15.4 Å². The highest BCUT2D eigenvalue weighted by Gasteiger charge is 2.13. The Kier molecular flexibility index (Phi) is 6.46. The second kappa shape index (κ2) is 9.79. The standard InChI is InChI=1S/C27H25N3O2/c1-19(2)23-11-6-7-13-25(23)32-26-24(12-8-18-28-26)30-27(31)29-22-16-14-21(15-17-22)20-9-4-3-5-10-20/h3-19H,1-2H3,(H2,29,30,31). The number of anilines is 2. The maximum absolute atomic E-state index is 12.6. The van der Waals surface area contributed by atoms with Crippen LogP contribution in [0.15, 0.2) is 97.2 Å². The van der Waals surface area contributed by atoms with Gasteiger partial charge in [-0.25, -0.2) is 9.78 Å². The van der Waals surface area contributed by atoms with Gasteiger partial charge in [-0.3, -0.25) is 0 Å². The lowest BCUT2D eigenvalue weighted by molar-refractivity contribution is 0.262. The monoisotopic (exact) mass is 423 g/mol. The Morgan fingerprint density at radius 3 is 2.22 bits per heavy atom. The van der Waals surface area contributed by atoms with Gasteiger partial charge < -0.3 is 15.4 Å². The molecule has 0 unspecified atom stereocenters. The maximum Gasteiger partial charge on any atom is 0.323 e. The molecular weight excluding hydrogens is 398 g/mol. The van der Waals surface area contributed by atoms with Gasteiger partial charge in [-0.05, 0) is 52.9 Å². The summed E-state index contributed by atoms with van der Waals surface area (Å²) < 4.78 is 6.06. The van der Waals surface area contributed by atoms with Gasteiger partial charge in [0, 0.05) is 11.9 Å². The van der Waals surface area contributed by atoms with E-state index in [1.807, 2.05) is 66.7 Å². The summed E-state index contributed by atoms with van der Waals surface area (Å²) in [5.41, 5.74) is 4.47. The lowest BCUT2D eigenvalue weighted by Gasteiger charge is -2.15. The minimum atomic E-state index is -0.368. The fourth-order valence-corrected chi connectivity index (χ4v) is 3.38. The number of nitrogens with one attached hydrogen (secondary N) is 2. The van der Waals surface area contributed by atoms with Crippen LogP contribution >= 0.6 is 0 Å². The zero-order valence-corrected chi connectivity index (χ0v) is 18.1. The van der Waals surface area contributed by atoms with Gasteiger partial charge in [-0.2, -0.15) is 0 Å². The predicted molar refractivity (Wildman–Crippen MR) is 129 cm³/mol. The van der Waals surface area contributed by atoms with Crippen LogP contribution in [0.4, 0.5) is 16.2 Å². The lowest BCUT2D eigenvalue weighted by Crippen LogP contribution is -2.20. The minimum absolute atomic E-state index is 0.300. The van der Waals surface area contributed by atoms with Crippen LogP contribution in [-0.4, -0.2) is 11.0 Å². The SMILES string of the molecule is CC(C)c1ccccc1Oc1ncccc1NC(=O)Nc1ccc(-c2ccccc2)cc1. The Bertz CT molecular complexity index is 1190. The Morgan fingerprint density at radius 2 is 1.47 bits per heavy atom. The van der Waals surface area contributed by atoms with E-state index < -0.39 is 0 Å². The average Bonchev–Trinajstić information content (AvgIpc) is 2.81. The number of nitrogens with zero attached hydrogens (tertiary/aromatic N) is 1. The number of hydrogen-bond acceptors (Lipinski definition) is 3. The minimum Gasteiger partial charge on any atom is -0.437 e. The summed E-state index contributed by atoms with van der Waals surface area (Å²) in [5, 5.41) is 5.69. The van der Waals surface area contributed by atoms with Gasteiger partial charge in [-0.15, -0.1) is 0 Å². The number of benzene rings is 3. The van der Waals surface area contributed by atoms with Crippen molar-refractivity contribution in [3.05, 3.63) is 103 Å². The molecular formula is C27H25N3O2. The highest BCUT2D eigenvalue weighted by Crippen LogP contribution is 2.32. The van der Waals surface area contributed by atoms with Crippen LogP contribution in [0, 0.1) is 0 Å². The van der Waals surface area contributed by atoms with Crippen molar-refractivity contribution < 1.29 is 9.53 Å². The van der Waals surface area contributed by atoms with E-state index in [0.29, 0.717) is 23.2 Å². The highest BCUT2D eigenvalue weighted by molar-refractivity contribution is 6.00. The second-order valence-corrected chi connectivity index (χ2v) is 7.67. The van der Waals surface area contributed by atoms with Crippen molar-refractivity contribution in [2.24, 2.45) is 0 Å². The Labute approximate surface area is 188 Å². The topological polar surface area (TPSA) is 63.2 Å². The molecule has 1 aromatic heterocycles. The van der Waals surface area contributed by atoms with Crippen LogP contribution in [-0.2, 0) is 0 Å². The molecule has 32 heavy (non-hydrogen) atoms. The molecule has 2 amide bonds. The number of pyridine rings is 1. The molecule has 0 aliphatic heterocycles. The molecule has 5 heteroatoms. The number of amides is 2. The zero-order chi connectivity index (χ0) is 22.3. The maximum atomic E-state index is 12.6. The molecule has 0 fully saturated rings. The summed E-state index contributed by atoms with van der Waals surface area (Å²) in [7, 11) is 0. The van der Waals surface area contributed by atoms with E-state index in [1.54, 1.807) is 18.3 Å². The van der Waals surface area contributed by atoms with Gasteiger partial charge in [0.25, 0.3) is 0 Å². The summed E-state index contributed by atoms with van der Waals surface area (Å²) in [5.74, 6) is 1.37. The molecule has 0 aliphatic carbocycles. The molecule has 5 nitrogen and oxygen atoms in total. The van der Waals surface area contributed by atoms with E-state index in [0.717, 1.165) is 22.4 Å². The smallest absolute Gasteiger partial charge is 0.323 e. The Morgan fingerprint density at radius 1 is 0.781 bits per heavy atom. The lowest BCUT2D eigenvalue weighted by atomic mass is 10.0. The first-order valence-corrected chi connectivity index (χ1v) is 10.6. The largest absolute Gasteiger partial charge is 0.437 e. The van der Waals surface area contributed by atoms with Gasteiger partial charge in [0.2, 0.25) is 5.88 Å². The molecule has 0 bridgehead atoms. The molecule has 0 radical (unpaired) electrons. The third kappa shape index (κ3) is 5.13. The van der Waals surface area contributed by atoms with Crippen LogP contribution in [0.3, 0.4) is 0 Å². The number of rotatable bonds is 6. The summed E-state index contributed by atoms with van der Waals surface area (Å²) >= 11 is 0. The molecule has 0 saturated heterocycles. The van der Waals surface area contributed by atoms with Gasteiger partial charge in [0.15, 0.2) is 0 Å². The van der Waals surface area contributed by atoms with Crippen LogP contribution in [0.5, 0.6) is 11.6 Å². The molecule has 4 aromatic rings. The zero-order valence-electron chi connectivity index (χ0n) is 18.1. The quantitative estimate of drug-likeness (QED) is 0.342. The molecule has 4 rings (SSSR count).